The van der Waals surface area contributed by atoms with E-state index in [0.29, 0.717) is 18.4 Å². The number of aliphatic hydroxyl groups excluding tert-OH is 1. The van der Waals surface area contributed by atoms with Gasteiger partial charge in [-0.25, -0.2) is 0 Å². The lowest BCUT2D eigenvalue weighted by atomic mass is 9.58. The van der Waals surface area contributed by atoms with Crippen LogP contribution in [0.1, 0.15) is 58.8 Å². The average Bonchev–Trinajstić information content (AvgIpc) is 2.54. The molecule has 0 aromatic carbocycles. The topological polar surface area (TPSA) is 49.8 Å². The predicted molar refractivity (Wildman–Crippen MR) is 85.4 cm³/mol. The molecule has 2 aliphatic carbocycles. The van der Waals surface area contributed by atoms with E-state index >= 15 is 0 Å². The molecule has 1 heterocycles. The molecule has 126 valence electrons. The molecule has 3 aliphatic rings. The van der Waals surface area contributed by atoms with Crippen molar-refractivity contribution in [1.29, 1.82) is 0 Å². The molecule has 4 atom stereocenters. The van der Waals surface area contributed by atoms with E-state index in [9.17, 15) is 9.90 Å². The molecule has 1 amide bonds. The maximum absolute atomic E-state index is 12.7. The summed E-state index contributed by atoms with van der Waals surface area (Å²) in [4.78, 5) is 14.8. The van der Waals surface area contributed by atoms with Gasteiger partial charge in [-0.05, 0) is 38.5 Å². The summed E-state index contributed by atoms with van der Waals surface area (Å²) in [5.74, 6) is 1.30. The highest BCUT2D eigenvalue weighted by Crippen LogP contribution is 2.51. The number of rotatable bonds is 3. The first-order valence-corrected chi connectivity index (χ1v) is 9.15. The molecule has 1 aliphatic heterocycles. The largest absolute Gasteiger partial charge is 0.392 e. The maximum Gasteiger partial charge on any atom is 0.225 e. The highest BCUT2D eigenvalue weighted by molar-refractivity contribution is 5.79. The van der Waals surface area contributed by atoms with E-state index in [1.807, 2.05) is 6.92 Å². The quantitative estimate of drug-likeness (QED) is 0.872. The lowest BCUT2D eigenvalue weighted by molar-refractivity contribution is -0.210. The Morgan fingerprint density at radius 1 is 1.27 bits per heavy atom. The Balaban J connectivity index is 1.56. The van der Waals surface area contributed by atoms with E-state index in [-0.39, 0.29) is 23.5 Å². The monoisotopic (exact) mass is 309 g/mol. The number of amides is 1. The van der Waals surface area contributed by atoms with Gasteiger partial charge in [-0.15, -0.1) is 0 Å². The number of hydrogen-bond donors (Lipinski definition) is 1. The van der Waals surface area contributed by atoms with Crippen molar-refractivity contribution in [2.45, 2.75) is 71.0 Å². The van der Waals surface area contributed by atoms with Crippen LogP contribution >= 0.6 is 0 Å². The Morgan fingerprint density at radius 3 is 2.59 bits per heavy atom. The fourth-order valence-electron chi connectivity index (χ4n) is 4.88. The molecule has 0 bridgehead atoms. The van der Waals surface area contributed by atoms with Crippen molar-refractivity contribution in [2.24, 2.45) is 17.3 Å². The maximum atomic E-state index is 12.7. The Labute approximate surface area is 134 Å². The fourth-order valence-corrected chi connectivity index (χ4v) is 4.88. The lowest BCUT2D eigenvalue weighted by Crippen LogP contribution is -2.63. The summed E-state index contributed by atoms with van der Waals surface area (Å²) >= 11 is 0. The van der Waals surface area contributed by atoms with Crippen molar-refractivity contribution in [3.8, 4) is 0 Å². The molecule has 3 fully saturated rings. The zero-order valence-corrected chi connectivity index (χ0v) is 14.1. The van der Waals surface area contributed by atoms with Crippen LogP contribution in [0.25, 0.3) is 0 Å². The van der Waals surface area contributed by atoms with Crippen molar-refractivity contribution >= 4 is 5.91 Å². The van der Waals surface area contributed by atoms with Crippen LogP contribution in [0.3, 0.4) is 0 Å². The van der Waals surface area contributed by atoms with Crippen LogP contribution in [0.4, 0.5) is 0 Å². The van der Waals surface area contributed by atoms with E-state index in [4.69, 9.17) is 4.74 Å². The Morgan fingerprint density at radius 2 is 2.00 bits per heavy atom. The molecule has 1 saturated heterocycles. The van der Waals surface area contributed by atoms with Gasteiger partial charge in [0.1, 0.15) is 0 Å². The number of nitrogens with zero attached hydrogens (tertiary/aromatic N) is 1. The Kier molecular flexibility index (Phi) is 4.79. The summed E-state index contributed by atoms with van der Waals surface area (Å²) in [6.45, 7) is 6.58. The first-order chi connectivity index (χ1) is 10.6. The van der Waals surface area contributed by atoms with Gasteiger partial charge in [-0.3, -0.25) is 4.79 Å². The third kappa shape index (κ3) is 2.80. The molecule has 0 aromatic rings. The fraction of sp³-hybridized carbons (Fsp3) is 0.944. The predicted octanol–water partition coefficient (Wildman–Crippen LogP) is 2.59. The van der Waals surface area contributed by atoms with E-state index in [1.54, 1.807) is 0 Å². The van der Waals surface area contributed by atoms with Crippen LogP contribution in [0, 0.1) is 17.3 Å². The van der Waals surface area contributed by atoms with E-state index in [1.165, 1.54) is 12.8 Å². The van der Waals surface area contributed by atoms with Gasteiger partial charge >= 0.3 is 0 Å². The van der Waals surface area contributed by atoms with E-state index < -0.39 is 0 Å². The van der Waals surface area contributed by atoms with Gasteiger partial charge in [-0.2, -0.15) is 0 Å². The first-order valence-electron chi connectivity index (χ1n) is 9.15. The minimum Gasteiger partial charge on any atom is -0.392 e. The third-order valence-corrected chi connectivity index (χ3v) is 6.40. The molecular weight excluding hydrogens is 278 g/mol. The number of aliphatic hydroxyl groups is 1. The van der Waals surface area contributed by atoms with E-state index in [2.05, 4.69) is 11.8 Å². The number of hydrogen-bond acceptors (Lipinski definition) is 3. The van der Waals surface area contributed by atoms with Crippen molar-refractivity contribution in [3.63, 3.8) is 0 Å². The molecule has 0 aromatic heterocycles. The van der Waals surface area contributed by atoms with Gasteiger partial charge in [0.2, 0.25) is 5.91 Å². The van der Waals surface area contributed by atoms with Gasteiger partial charge in [0.25, 0.3) is 0 Å². The second-order valence-electron chi connectivity index (χ2n) is 7.72. The van der Waals surface area contributed by atoms with E-state index in [0.717, 1.165) is 45.2 Å². The average molecular weight is 309 g/mol. The van der Waals surface area contributed by atoms with Gasteiger partial charge in [0.05, 0.1) is 12.2 Å². The SMILES string of the molecule is CCO[C@@H]1C[C@H](O)C12CCN(C(=O)[C@@H]1CCC[C@H](C)C1)CC2. The van der Waals surface area contributed by atoms with Crippen LogP contribution in [-0.2, 0) is 9.53 Å². The first kappa shape index (κ1) is 16.3. The second-order valence-corrected chi connectivity index (χ2v) is 7.72. The molecule has 3 rings (SSSR count). The third-order valence-electron chi connectivity index (χ3n) is 6.40. The van der Waals surface area contributed by atoms with Gasteiger partial charge in [-0.1, -0.05) is 19.8 Å². The molecule has 0 radical (unpaired) electrons. The van der Waals surface area contributed by atoms with Gasteiger partial charge < -0.3 is 14.7 Å². The summed E-state index contributed by atoms with van der Waals surface area (Å²) in [5, 5.41) is 10.2. The molecule has 1 N–H and O–H groups in total. The molecule has 22 heavy (non-hydrogen) atoms. The van der Waals surface area contributed by atoms with Crippen molar-refractivity contribution in [3.05, 3.63) is 0 Å². The van der Waals surface area contributed by atoms with Gasteiger partial charge in [0.15, 0.2) is 0 Å². The number of piperidine rings is 1. The minimum atomic E-state index is -0.240. The Bertz CT molecular complexity index is 401. The normalized spacial score (nSPS) is 37.9. The van der Waals surface area contributed by atoms with Crippen LogP contribution < -0.4 is 0 Å². The van der Waals surface area contributed by atoms with Crippen molar-refractivity contribution in [2.75, 3.05) is 19.7 Å². The standard InChI is InChI=1S/C18H31NO3/c1-3-22-16-12-15(20)18(16)7-9-19(10-8-18)17(21)14-6-4-5-13(2)11-14/h13-16,20H,3-12H2,1-2H3/t13-,14+,15-,16+/m0/s1. The highest BCUT2D eigenvalue weighted by atomic mass is 16.5. The van der Waals surface area contributed by atoms with Crippen molar-refractivity contribution < 1.29 is 14.6 Å². The molecule has 2 saturated carbocycles. The number of ether oxygens (including phenoxy) is 1. The van der Waals surface area contributed by atoms with Crippen LogP contribution in [-0.4, -0.2) is 47.8 Å². The molecule has 4 nitrogen and oxygen atoms in total. The van der Waals surface area contributed by atoms with Crippen LogP contribution in [0.2, 0.25) is 0 Å². The van der Waals surface area contributed by atoms with Crippen LogP contribution in [0.15, 0.2) is 0 Å². The zero-order valence-electron chi connectivity index (χ0n) is 14.1. The lowest BCUT2D eigenvalue weighted by Gasteiger charge is -2.56. The molecule has 0 unspecified atom stereocenters. The Hall–Kier alpha value is -0.610. The number of carbonyl (C=O) groups is 1. The smallest absolute Gasteiger partial charge is 0.225 e. The highest BCUT2D eigenvalue weighted by Gasteiger charge is 2.56. The van der Waals surface area contributed by atoms with Crippen molar-refractivity contribution in [1.82, 2.24) is 4.90 Å². The zero-order chi connectivity index (χ0) is 15.7. The minimum absolute atomic E-state index is 0.0767. The van der Waals surface area contributed by atoms with Gasteiger partial charge in [0, 0.05) is 37.5 Å². The summed E-state index contributed by atoms with van der Waals surface area (Å²) < 4.78 is 5.80. The summed E-state index contributed by atoms with van der Waals surface area (Å²) in [6.07, 6.45) is 7.10. The molecule has 1 spiro atoms. The molecule has 4 heteroatoms. The second kappa shape index (κ2) is 6.48. The summed E-state index contributed by atoms with van der Waals surface area (Å²) in [6, 6.07) is 0. The number of carbonyl (C=O) groups excluding carboxylic acids is 1. The summed E-state index contributed by atoms with van der Waals surface area (Å²) in [7, 11) is 0. The summed E-state index contributed by atoms with van der Waals surface area (Å²) in [5.41, 5.74) is -0.0767. The van der Waals surface area contributed by atoms with Crippen LogP contribution in [0.5, 0.6) is 0 Å². The number of likely N-dealkylation sites (tertiary alicyclic amines) is 1. The molecular formula is C18H31NO3.